The van der Waals surface area contributed by atoms with E-state index in [0.29, 0.717) is 11.1 Å². The van der Waals surface area contributed by atoms with Crippen LogP contribution in [0.5, 0.6) is 11.8 Å². The van der Waals surface area contributed by atoms with Gasteiger partial charge < -0.3 is 9.47 Å². The van der Waals surface area contributed by atoms with Crippen molar-refractivity contribution in [3.63, 3.8) is 0 Å². The van der Waals surface area contributed by atoms with E-state index in [0.717, 1.165) is 0 Å². The minimum Gasteiger partial charge on any atom is -0.481 e. The Hall–Kier alpha value is -2.16. The number of carbonyl (C=O) groups excluding carboxylic acids is 1. The highest BCUT2D eigenvalue weighted by Crippen LogP contribution is 2.21. The molecule has 1 aromatic carbocycles. The molecule has 0 saturated heterocycles. The molecule has 0 radical (unpaired) electrons. The molecule has 21 heavy (non-hydrogen) atoms. The maximum Gasteiger partial charge on any atom is 0.337 e. The Labute approximate surface area is 128 Å². The van der Waals surface area contributed by atoms with Gasteiger partial charge in [-0.25, -0.2) is 9.49 Å². The maximum atomic E-state index is 13.5. The molecule has 0 aliphatic carbocycles. The highest BCUT2D eigenvalue weighted by Gasteiger charge is 2.10. The van der Waals surface area contributed by atoms with Gasteiger partial charge in [-0.1, -0.05) is 15.9 Å². The van der Waals surface area contributed by atoms with Crippen LogP contribution in [0.15, 0.2) is 22.7 Å². The third-order valence-electron chi connectivity index (χ3n) is 2.25. The second-order valence-electron chi connectivity index (χ2n) is 3.81. The van der Waals surface area contributed by atoms with Gasteiger partial charge in [-0.2, -0.15) is 4.98 Å². The number of aromatic amines is 1. The lowest BCUT2D eigenvalue weighted by Gasteiger charge is -2.06. The first kappa shape index (κ1) is 15.2. The molecule has 0 bridgehead atoms. The van der Waals surface area contributed by atoms with Crippen molar-refractivity contribution in [2.24, 2.45) is 0 Å². The van der Waals surface area contributed by atoms with Gasteiger partial charge >= 0.3 is 6.01 Å². The first-order valence-electron chi connectivity index (χ1n) is 6.01. The number of nitrogens with one attached hydrogen (secondary N) is 2. The molecule has 0 spiro atoms. The fraction of sp³-hybridized carbons (Fsp3) is 0.250. The van der Waals surface area contributed by atoms with E-state index in [1.807, 2.05) is 0 Å². The van der Waals surface area contributed by atoms with Gasteiger partial charge in [0.25, 0.3) is 5.91 Å². The minimum atomic E-state index is -0.560. The number of nitrogens with zero attached hydrogens (tertiary/aromatic N) is 2. The van der Waals surface area contributed by atoms with E-state index in [-0.39, 0.29) is 24.3 Å². The van der Waals surface area contributed by atoms with Crippen LogP contribution in [0.3, 0.4) is 0 Å². The van der Waals surface area contributed by atoms with E-state index < -0.39 is 11.7 Å². The second-order valence-corrected chi connectivity index (χ2v) is 4.73. The van der Waals surface area contributed by atoms with Crippen LogP contribution >= 0.6 is 15.9 Å². The highest BCUT2D eigenvalue weighted by molar-refractivity contribution is 9.10. The number of carbonyl (C=O) groups is 1. The average molecular weight is 359 g/mol. The molecule has 1 aromatic heterocycles. The van der Waals surface area contributed by atoms with Crippen LogP contribution < -0.4 is 14.8 Å². The first-order chi connectivity index (χ1) is 10.1. The third-order valence-corrected chi connectivity index (χ3v) is 2.74. The Morgan fingerprint density at radius 1 is 1.48 bits per heavy atom. The Morgan fingerprint density at radius 3 is 3.00 bits per heavy atom. The van der Waals surface area contributed by atoms with Crippen LogP contribution in [0.25, 0.3) is 0 Å². The summed E-state index contributed by atoms with van der Waals surface area (Å²) in [6.07, 6.45) is 0. The number of anilines is 1. The summed E-state index contributed by atoms with van der Waals surface area (Å²) < 4.78 is 24.2. The smallest absolute Gasteiger partial charge is 0.337 e. The molecule has 0 fully saturated rings. The van der Waals surface area contributed by atoms with Crippen molar-refractivity contribution in [2.75, 3.05) is 18.5 Å². The predicted octanol–water partition coefficient (Wildman–Crippen LogP) is 2.12. The van der Waals surface area contributed by atoms with Crippen molar-refractivity contribution in [3.05, 3.63) is 28.5 Å². The van der Waals surface area contributed by atoms with Crippen LogP contribution in [0, 0.1) is 5.82 Å². The summed E-state index contributed by atoms with van der Waals surface area (Å²) in [7, 11) is 0. The molecule has 7 nitrogen and oxygen atoms in total. The lowest BCUT2D eigenvalue weighted by Crippen LogP contribution is -2.21. The molecular weight excluding hydrogens is 347 g/mol. The van der Waals surface area contributed by atoms with Crippen LogP contribution in [-0.4, -0.2) is 34.3 Å². The predicted molar refractivity (Wildman–Crippen MR) is 75.8 cm³/mol. The molecule has 0 unspecified atom stereocenters. The summed E-state index contributed by atoms with van der Waals surface area (Å²) in [5.74, 6) is -0.948. The van der Waals surface area contributed by atoms with Crippen molar-refractivity contribution in [2.45, 2.75) is 6.92 Å². The van der Waals surface area contributed by atoms with Crippen molar-refractivity contribution in [1.29, 1.82) is 0 Å². The second kappa shape index (κ2) is 7.02. The molecule has 9 heteroatoms. The molecule has 2 rings (SSSR count). The molecule has 1 heterocycles. The number of halogens is 2. The topological polar surface area (TPSA) is 89.1 Å². The van der Waals surface area contributed by atoms with Crippen LogP contribution in [-0.2, 0) is 4.79 Å². The zero-order valence-corrected chi connectivity index (χ0v) is 12.6. The number of ether oxygens (including phenoxy) is 2. The average Bonchev–Trinajstić information content (AvgIpc) is 2.85. The molecule has 0 aliphatic heterocycles. The number of rotatable bonds is 6. The van der Waals surface area contributed by atoms with Gasteiger partial charge in [0.2, 0.25) is 5.95 Å². The lowest BCUT2D eigenvalue weighted by molar-refractivity contribution is -0.118. The molecule has 2 aromatic rings. The van der Waals surface area contributed by atoms with E-state index in [9.17, 15) is 9.18 Å². The molecule has 1 amide bonds. The monoisotopic (exact) mass is 358 g/mol. The van der Waals surface area contributed by atoms with E-state index in [4.69, 9.17) is 9.47 Å². The van der Waals surface area contributed by atoms with Crippen LogP contribution in [0.4, 0.5) is 10.3 Å². The first-order valence-corrected chi connectivity index (χ1v) is 6.80. The summed E-state index contributed by atoms with van der Waals surface area (Å²) in [5, 5.41) is 8.62. The summed E-state index contributed by atoms with van der Waals surface area (Å²) in [4.78, 5) is 15.5. The van der Waals surface area contributed by atoms with Gasteiger partial charge in [-0.15, -0.1) is 5.10 Å². The molecule has 0 aliphatic rings. The lowest BCUT2D eigenvalue weighted by atomic mass is 10.3. The number of benzene rings is 1. The summed E-state index contributed by atoms with van der Waals surface area (Å²) in [6.45, 7) is 1.84. The van der Waals surface area contributed by atoms with Crippen LogP contribution in [0.1, 0.15) is 6.92 Å². The number of aromatic nitrogens is 3. The Kier molecular flexibility index (Phi) is 5.09. The van der Waals surface area contributed by atoms with Crippen molar-refractivity contribution in [1.82, 2.24) is 15.2 Å². The van der Waals surface area contributed by atoms with Crippen molar-refractivity contribution >= 4 is 27.8 Å². The minimum absolute atomic E-state index is 0.0130. The highest BCUT2D eigenvalue weighted by atomic mass is 79.9. The van der Waals surface area contributed by atoms with Crippen molar-refractivity contribution in [3.8, 4) is 11.8 Å². The fourth-order valence-electron chi connectivity index (χ4n) is 1.40. The van der Waals surface area contributed by atoms with Gasteiger partial charge in [-0.05, 0) is 25.1 Å². The Balaban J connectivity index is 1.86. The van der Waals surface area contributed by atoms with Gasteiger partial charge in [0.1, 0.15) is 0 Å². The van der Waals surface area contributed by atoms with E-state index >= 15 is 0 Å². The summed E-state index contributed by atoms with van der Waals surface area (Å²) in [5.41, 5.74) is 0. The molecular formula is C12H12BrFN4O3. The van der Waals surface area contributed by atoms with Gasteiger partial charge in [0, 0.05) is 4.47 Å². The van der Waals surface area contributed by atoms with Gasteiger partial charge in [0.05, 0.1) is 6.61 Å². The van der Waals surface area contributed by atoms with Crippen molar-refractivity contribution < 1.29 is 18.7 Å². The van der Waals surface area contributed by atoms with Gasteiger partial charge in [0.15, 0.2) is 18.2 Å². The number of hydrogen-bond donors (Lipinski definition) is 2. The van der Waals surface area contributed by atoms with E-state index in [1.54, 1.807) is 13.0 Å². The zero-order valence-electron chi connectivity index (χ0n) is 11.0. The quantitative estimate of drug-likeness (QED) is 0.825. The summed E-state index contributed by atoms with van der Waals surface area (Å²) in [6, 6.07) is 4.42. The molecule has 2 N–H and O–H groups in total. The Bertz CT molecular complexity index is 635. The molecule has 112 valence electrons. The van der Waals surface area contributed by atoms with Crippen LogP contribution in [0.2, 0.25) is 0 Å². The largest absolute Gasteiger partial charge is 0.481 e. The third kappa shape index (κ3) is 4.42. The number of amides is 1. The zero-order chi connectivity index (χ0) is 15.2. The molecule has 0 atom stereocenters. The number of H-pyrrole nitrogens is 1. The van der Waals surface area contributed by atoms with E-state index in [2.05, 4.69) is 36.4 Å². The maximum absolute atomic E-state index is 13.5. The SMILES string of the molecule is CCOc1n[nH]c(NC(=O)COc2ccc(Br)cc2F)n1. The fourth-order valence-corrected chi connectivity index (χ4v) is 1.73. The van der Waals surface area contributed by atoms with E-state index in [1.165, 1.54) is 12.1 Å². The number of hydrogen-bond acceptors (Lipinski definition) is 5. The molecule has 0 saturated carbocycles. The standard InChI is InChI=1S/C12H12BrFN4O3/c1-2-20-12-16-11(17-18-12)15-10(19)6-21-9-4-3-7(13)5-8(9)14/h3-5H,2,6H2,1H3,(H2,15,16,17,18,19). The van der Waals surface area contributed by atoms with Gasteiger partial charge in [-0.3, -0.25) is 10.1 Å². The summed E-state index contributed by atoms with van der Waals surface area (Å²) >= 11 is 3.13. The normalized spacial score (nSPS) is 10.2. The Morgan fingerprint density at radius 2 is 2.29 bits per heavy atom.